The lowest BCUT2D eigenvalue weighted by Gasteiger charge is -2.21. The number of sulfonamides is 1. The molecule has 0 saturated heterocycles. The first-order valence-corrected chi connectivity index (χ1v) is 11.1. The van der Waals surface area contributed by atoms with Crippen LogP contribution in [0.1, 0.15) is 50.4 Å². The Hall–Kier alpha value is -2.22. The van der Waals surface area contributed by atoms with Crippen molar-refractivity contribution in [3.8, 4) is 0 Å². The molecule has 3 N–H and O–H groups in total. The summed E-state index contributed by atoms with van der Waals surface area (Å²) >= 11 is 0. The zero-order valence-electron chi connectivity index (χ0n) is 17.8. The van der Waals surface area contributed by atoms with Crippen molar-refractivity contribution >= 4 is 15.9 Å². The first kappa shape index (κ1) is 23.1. The quantitative estimate of drug-likeness (QED) is 0.724. The lowest BCUT2D eigenvalue weighted by Crippen LogP contribution is -2.36. The summed E-state index contributed by atoms with van der Waals surface area (Å²) in [6.07, 6.45) is 0. The lowest BCUT2D eigenvalue weighted by molar-refractivity contribution is -0.122. The van der Waals surface area contributed by atoms with Crippen LogP contribution in [0.5, 0.6) is 0 Å². The van der Waals surface area contributed by atoms with E-state index >= 15 is 0 Å². The van der Waals surface area contributed by atoms with E-state index in [4.69, 9.17) is 5.14 Å². The van der Waals surface area contributed by atoms with Crippen molar-refractivity contribution in [2.24, 2.45) is 5.14 Å². The molecule has 1 atom stereocenters. The van der Waals surface area contributed by atoms with Gasteiger partial charge in [0.1, 0.15) is 0 Å². The molecule has 2 aromatic carbocycles. The molecule has 158 valence electrons. The highest BCUT2D eigenvalue weighted by Gasteiger charge is 2.15. The van der Waals surface area contributed by atoms with Gasteiger partial charge in [-0.05, 0) is 48.2 Å². The van der Waals surface area contributed by atoms with E-state index in [2.05, 4.69) is 50.4 Å². The Morgan fingerprint density at radius 3 is 2.10 bits per heavy atom. The Bertz CT molecular complexity index is 931. The minimum atomic E-state index is -3.72. The Labute approximate surface area is 174 Å². The second-order valence-electron chi connectivity index (χ2n) is 8.52. The van der Waals surface area contributed by atoms with Crippen LogP contribution in [0.3, 0.4) is 0 Å². The fourth-order valence-electron chi connectivity index (χ4n) is 3.04. The molecule has 1 amide bonds. The number of hydrogen-bond donors (Lipinski definition) is 2. The van der Waals surface area contributed by atoms with Gasteiger partial charge in [0.2, 0.25) is 15.9 Å². The highest BCUT2D eigenvalue weighted by molar-refractivity contribution is 7.89. The number of carbonyl (C=O) groups excluding carboxylic acids is 1. The van der Waals surface area contributed by atoms with Crippen LogP contribution >= 0.6 is 0 Å². The number of primary sulfonamides is 1. The number of likely N-dealkylation sites (N-methyl/N-ethyl adjacent to an activating group) is 1. The van der Waals surface area contributed by atoms with Gasteiger partial charge in [0.05, 0.1) is 17.5 Å². The van der Waals surface area contributed by atoms with Crippen molar-refractivity contribution in [3.05, 3.63) is 65.2 Å². The molecule has 0 aliphatic rings. The average Bonchev–Trinajstić information content (AvgIpc) is 2.60. The minimum absolute atomic E-state index is 0.0528. The molecule has 0 radical (unpaired) electrons. The third kappa shape index (κ3) is 6.96. The van der Waals surface area contributed by atoms with Gasteiger partial charge in [-0.15, -0.1) is 0 Å². The van der Waals surface area contributed by atoms with Crippen LogP contribution in [-0.2, 0) is 26.8 Å². The molecule has 0 aliphatic heterocycles. The first-order valence-electron chi connectivity index (χ1n) is 9.56. The molecule has 0 bridgehead atoms. The molecule has 7 heteroatoms. The van der Waals surface area contributed by atoms with Crippen LogP contribution in [0.25, 0.3) is 0 Å². The van der Waals surface area contributed by atoms with E-state index < -0.39 is 10.0 Å². The molecule has 29 heavy (non-hydrogen) atoms. The highest BCUT2D eigenvalue weighted by Crippen LogP contribution is 2.22. The third-order valence-corrected chi connectivity index (χ3v) is 5.70. The standard InChI is InChI=1S/C22H31N3O3S/c1-16(18-8-12-20(13-9-18)29(23,27)28)24-21(26)15-25(5)14-17-6-10-19(11-7-17)22(2,3)4/h6-13,16H,14-15H2,1-5H3,(H,24,26)(H2,23,27,28)/t16-/m0/s1. The van der Waals surface area contributed by atoms with Crippen molar-refractivity contribution in [2.75, 3.05) is 13.6 Å². The van der Waals surface area contributed by atoms with Crippen LogP contribution in [-0.4, -0.2) is 32.8 Å². The van der Waals surface area contributed by atoms with E-state index in [1.54, 1.807) is 12.1 Å². The van der Waals surface area contributed by atoms with E-state index in [1.807, 2.05) is 18.9 Å². The van der Waals surface area contributed by atoms with Crippen molar-refractivity contribution in [3.63, 3.8) is 0 Å². The maximum absolute atomic E-state index is 12.4. The number of nitrogens with zero attached hydrogens (tertiary/aromatic N) is 1. The maximum atomic E-state index is 12.4. The lowest BCUT2D eigenvalue weighted by atomic mass is 9.87. The normalized spacial score (nSPS) is 13.3. The summed E-state index contributed by atoms with van der Waals surface area (Å²) in [5, 5.41) is 8.05. The molecule has 0 heterocycles. The van der Waals surface area contributed by atoms with Crippen LogP contribution in [0.2, 0.25) is 0 Å². The number of benzene rings is 2. The smallest absolute Gasteiger partial charge is 0.238 e. The number of nitrogens with two attached hydrogens (primary N) is 1. The van der Waals surface area contributed by atoms with Crippen molar-refractivity contribution in [1.29, 1.82) is 0 Å². The van der Waals surface area contributed by atoms with Gasteiger partial charge in [0.15, 0.2) is 0 Å². The van der Waals surface area contributed by atoms with E-state index in [-0.39, 0.29) is 28.8 Å². The Kier molecular flexibility index (Phi) is 7.21. The highest BCUT2D eigenvalue weighted by atomic mass is 32.2. The molecule has 0 saturated carbocycles. The van der Waals surface area contributed by atoms with Gasteiger partial charge in [-0.1, -0.05) is 57.2 Å². The summed E-state index contributed by atoms with van der Waals surface area (Å²) in [6.45, 7) is 9.34. The van der Waals surface area contributed by atoms with Gasteiger partial charge in [-0.25, -0.2) is 13.6 Å². The topological polar surface area (TPSA) is 92.5 Å². The largest absolute Gasteiger partial charge is 0.348 e. The number of amides is 1. The van der Waals surface area contributed by atoms with Gasteiger partial charge < -0.3 is 5.32 Å². The van der Waals surface area contributed by atoms with Gasteiger partial charge >= 0.3 is 0 Å². The molecule has 2 aromatic rings. The van der Waals surface area contributed by atoms with Crippen molar-refractivity contribution in [1.82, 2.24) is 10.2 Å². The fraction of sp³-hybridized carbons (Fsp3) is 0.409. The van der Waals surface area contributed by atoms with E-state index in [1.165, 1.54) is 17.7 Å². The molecule has 6 nitrogen and oxygen atoms in total. The van der Waals surface area contributed by atoms with Gasteiger partial charge in [0, 0.05) is 6.54 Å². The number of hydrogen-bond acceptors (Lipinski definition) is 4. The molecule has 2 rings (SSSR count). The summed E-state index contributed by atoms with van der Waals surface area (Å²) in [4.78, 5) is 14.4. The van der Waals surface area contributed by atoms with E-state index in [0.29, 0.717) is 6.54 Å². The monoisotopic (exact) mass is 417 g/mol. The molecule has 0 unspecified atom stereocenters. The zero-order chi connectivity index (χ0) is 21.8. The Morgan fingerprint density at radius 2 is 1.62 bits per heavy atom. The average molecular weight is 418 g/mol. The number of nitrogens with one attached hydrogen (secondary N) is 1. The molecular weight excluding hydrogens is 386 g/mol. The Balaban J connectivity index is 1.89. The number of carbonyl (C=O) groups is 1. The summed E-state index contributed by atoms with van der Waals surface area (Å²) in [5.74, 6) is -0.0955. The minimum Gasteiger partial charge on any atom is -0.348 e. The summed E-state index contributed by atoms with van der Waals surface area (Å²) < 4.78 is 22.7. The van der Waals surface area contributed by atoms with Crippen molar-refractivity contribution in [2.45, 2.75) is 50.6 Å². The number of rotatable bonds is 7. The predicted octanol–water partition coefficient (Wildman–Crippen LogP) is 2.94. The molecule has 0 aromatic heterocycles. The third-order valence-electron chi connectivity index (χ3n) is 4.77. The van der Waals surface area contributed by atoms with E-state index in [0.717, 1.165) is 11.1 Å². The molecule has 0 fully saturated rings. The second-order valence-corrected chi connectivity index (χ2v) is 10.1. The van der Waals surface area contributed by atoms with Gasteiger partial charge in [-0.3, -0.25) is 9.69 Å². The van der Waals surface area contributed by atoms with Gasteiger partial charge in [0.25, 0.3) is 0 Å². The maximum Gasteiger partial charge on any atom is 0.238 e. The summed E-state index contributed by atoms with van der Waals surface area (Å²) in [7, 11) is -1.81. The Morgan fingerprint density at radius 1 is 1.07 bits per heavy atom. The van der Waals surface area contributed by atoms with Crippen LogP contribution < -0.4 is 10.5 Å². The molecular formula is C22H31N3O3S. The summed E-state index contributed by atoms with van der Waals surface area (Å²) in [5.41, 5.74) is 3.36. The zero-order valence-corrected chi connectivity index (χ0v) is 18.6. The second kappa shape index (κ2) is 9.07. The van der Waals surface area contributed by atoms with Gasteiger partial charge in [-0.2, -0.15) is 0 Å². The fourth-order valence-corrected chi connectivity index (χ4v) is 3.55. The van der Waals surface area contributed by atoms with Crippen molar-refractivity contribution < 1.29 is 13.2 Å². The van der Waals surface area contributed by atoms with Crippen LogP contribution in [0.4, 0.5) is 0 Å². The molecule has 0 aliphatic carbocycles. The summed E-state index contributed by atoms with van der Waals surface area (Å²) in [6, 6.07) is 14.4. The predicted molar refractivity (Wildman–Crippen MR) is 116 cm³/mol. The molecule has 0 spiro atoms. The van der Waals surface area contributed by atoms with Crippen LogP contribution in [0.15, 0.2) is 53.4 Å². The first-order chi connectivity index (χ1) is 13.4. The SMILES string of the molecule is C[C@H](NC(=O)CN(C)Cc1ccc(C(C)(C)C)cc1)c1ccc(S(N)(=O)=O)cc1. The van der Waals surface area contributed by atoms with E-state index in [9.17, 15) is 13.2 Å². The van der Waals surface area contributed by atoms with Crippen LogP contribution in [0, 0.1) is 0 Å².